The Bertz CT molecular complexity index is 309. The Kier molecular flexibility index (Phi) is 6.40. The van der Waals surface area contributed by atoms with Crippen molar-refractivity contribution in [1.29, 1.82) is 0 Å². The van der Waals surface area contributed by atoms with E-state index in [1.807, 2.05) is 31.5 Å². The maximum Gasteiger partial charge on any atom is 0.220 e. The first-order chi connectivity index (χ1) is 8.26. The number of aryl methyl sites for hydroxylation is 1. The molecule has 0 bridgehead atoms. The van der Waals surface area contributed by atoms with E-state index in [4.69, 9.17) is 5.11 Å². The first kappa shape index (κ1) is 13.8. The fourth-order valence-corrected chi connectivity index (χ4v) is 1.78. The molecule has 1 unspecified atom stereocenters. The molecule has 1 rings (SSSR count). The monoisotopic (exact) mass is 238 g/mol. The summed E-state index contributed by atoms with van der Waals surface area (Å²) in [6, 6.07) is 4.07. The van der Waals surface area contributed by atoms with Gasteiger partial charge in [-0.3, -0.25) is 4.79 Å². The number of hydrogen-bond donors (Lipinski definition) is 2. The van der Waals surface area contributed by atoms with Crippen LogP contribution in [0.15, 0.2) is 24.5 Å². The van der Waals surface area contributed by atoms with Crippen molar-refractivity contribution >= 4 is 5.91 Å². The summed E-state index contributed by atoms with van der Waals surface area (Å²) in [6.45, 7) is 3.01. The van der Waals surface area contributed by atoms with Crippen LogP contribution in [0, 0.1) is 0 Å². The van der Waals surface area contributed by atoms with Gasteiger partial charge in [-0.05, 0) is 31.4 Å². The van der Waals surface area contributed by atoms with Gasteiger partial charge in [0.2, 0.25) is 5.91 Å². The number of aliphatic hydroxyl groups excluding tert-OH is 1. The summed E-state index contributed by atoms with van der Waals surface area (Å²) >= 11 is 0. The number of nitrogens with zero attached hydrogens (tertiary/aromatic N) is 1. The molecule has 2 N–H and O–H groups in total. The predicted octanol–water partition coefficient (Wildman–Crippen LogP) is 1.55. The molecule has 17 heavy (non-hydrogen) atoms. The first-order valence-electron chi connectivity index (χ1n) is 6.27. The Balaban J connectivity index is 2.16. The van der Waals surface area contributed by atoms with Gasteiger partial charge in [0.25, 0.3) is 0 Å². The number of carbonyl (C=O) groups excluding carboxylic acids is 1. The zero-order valence-electron chi connectivity index (χ0n) is 10.4. The maximum absolute atomic E-state index is 11.6. The van der Waals surface area contributed by atoms with E-state index in [1.54, 1.807) is 0 Å². The van der Waals surface area contributed by atoms with Crippen molar-refractivity contribution in [2.75, 3.05) is 6.61 Å². The SMILES string of the molecule is CCC(CCO)NC(=O)CCCn1cccc1. The van der Waals surface area contributed by atoms with Gasteiger partial charge in [0.15, 0.2) is 0 Å². The minimum atomic E-state index is 0.0810. The van der Waals surface area contributed by atoms with Gasteiger partial charge in [-0.1, -0.05) is 6.92 Å². The fraction of sp³-hybridized carbons (Fsp3) is 0.615. The molecule has 0 radical (unpaired) electrons. The van der Waals surface area contributed by atoms with E-state index in [9.17, 15) is 4.79 Å². The highest BCUT2D eigenvalue weighted by Crippen LogP contribution is 2.00. The molecule has 1 atom stereocenters. The van der Waals surface area contributed by atoms with Crippen LogP contribution < -0.4 is 5.32 Å². The molecule has 1 aromatic rings. The Morgan fingerprint density at radius 1 is 1.41 bits per heavy atom. The third-order valence-corrected chi connectivity index (χ3v) is 2.82. The van der Waals surface area contributed by atoms with E-state index in [2.05, 4.69) is 9.88 Å². The molecule has 0 aliphatic heterocycles. The van der Waals surface area contributed by atoms with Crippen LogP contribution in [0.1, 0.15) is 32.6 Å². The van der Waals surface area contributed by atoms with Crippen molar-refractivity contribution in [3.8, 4) is 0 Å². The standard InChI is InChI=1S/C13H22N2O2/c1-2-12(7-11-16)14-13(17)6-5-10-15-8-3-4-9-15/h3-4,8-9,12,16H,2,5-7,10-11H2,1H3,(H,14,17). The van der Waals surface area contributed by atoms with Crippen LogP contribution in [0.2, 0.25) is 0 Å². The molecule has 0 aromatic carbocycles. The number of carbonyl (C=O) groups is 1. The minimum absolute atomic E-state index is 0.0810. The molecule has 0 aliphatic carbocycles. The van der Waals surface area contributed by atoms with E-state index in [0.29, 0.717) is 12.8 Å². The predicted molar refractivity (Wildman–Crippen MR) is 67.6 cm³/mol. The van der Waals surface area contributed by atoms with E-state index in [-0.39, 0.29) is 18.6 Å². The average molecular weight is 238 g/mol. The molecular formula is C13H22N2O2. The Labute approximate surface area is 103 Å². The molecule has 0 saturated heterocycles. The highest BCUT2D eigenvalue weighted by atomic mass is 16.3. The van der Waals surface area contributed by atoms with Gasteiger partial charge in [0.1, 0.15) is 0 Å². The molecule has 1 heterocycles. The summed E-state index contributed by atoms with van der Waals surface area (Å²) in [5, 5.41) is 11.8. The van der Waals surface area contributed by atoms with E-state index in [0.717, 1.165) is 19.4 Å². The Hall–Kier alpha value is -1.29. The molecule has 4 heteroatoms. The zero-order chi connectivity index (χ0) is 12.5. The number of hydrogen-bond acceptors (Lipinski definition) is 2. The van der Waals surface area contributed by atoms with Crippen molar-refractivity contribution < 1.29 is 9.90 Å². The van der Waals surface area contributed by atoms with Gasteiger partial charge in [-0.15, -0.1) is 0 Å². The highest BCUT2D eigenvalue weighted by molar-refractivity contribution is 5.76. The van der Waals surface area contributed by atoms with E-state index >= 15 is 0 Å². The van der Waals surface area contributed by atoms with Crippen LogP contribution in [-0.2, 0) is 11.3 Å². The van der Waals surface area contributed by atoms with Crippen molar-refractivity contribution in [1.82, 2.24) is 9.88 Å². The molecule has 0 fully saturated rings. The molecular weight excluding hydrogens is 216 g/mol. The van der Waals surface area contributed by atoms with Gasteiger partial charge in [-0.25, -0.2) is 0 Å². The second kappa shape index (κ2) is 7.90. The summed E-state index contributed by atoms with van der Waals surface area (Å²) < 4.78 is 2.07. The third kappa shape index (κ3) is 5.54. The largest absolute Gasteiger partial charge is 0.396 e. The highest BCUT2D eigenvalue weighted by Gasteiger charge is 2.09. The van der Waals surface area contributed by atoms with Crippen LogP contribution >= 0.6 is 0 Å². The van der Waals surface area contributed by atoms with Crippen LogP contribution in [0.3, 0.4) is 0 Å². The smallest absolute Gasteiger partial charge is 0.220 e. The second-order valence-corrected chi connectivity index (χ2v) is 4.21. The molecule has 1 amide bonds. The fourth-order valence-electron chi connectivity index (χ4n) is 1.78. The number of rotatable bonds is 8. The molecule has 0 saturated carbocycles. The Morgan fingerprint density at radius 3 is 2.71 bits per heavy atom. The van der Waals surface area contributed by atoms with Gasteiger partial charge in [0, 0.05) is 38.0 Å². The van der Waals surface area contributed by atoms with Crippen molar-refractivity contribution in [2.45, 2.75) is 45.2 Å². The summed E-state index contributed by atoms with van der Waals surface area (Å²) in [6.07, 6.45) is 6.89. The maximum atomic E-state index is 11.6. The minimum Gasteiger partial charge on any atom is -0.396 e. The number of nitrogens with one attached hydrogen (secondary N) is 1. The lowest BCUT2D eigenvalue weighted by Gasteiger charge is -2.15. The molecule has 0 spiro atoms. The third-order valence-electron chi connectivity index (χ3n) is 2.82. The second-order valence-electron chi connectivity index (χ2n) is 4.21. The summed E-state index contributed by atoms with van der Waals surface area (Å²) in [5.41, 5.74) is 0. The normalized spacial score (nSPS) is 12.4. The van der Waals surface area contributed by atoms with E-state index < -0.39 is 0 Å². The lowest BCUT2D eigenvalue weighted by atomic mass is 10.1. The first-order valence-corrected chi connectivity index (χ1v) is 6.27. The van der Waals surface area contributed by atoms with Crippen molar-refractivity contribution in [3.63, 3.8) is 0 Å². The topological polar surface area (TPSA) is 54.3 Å². The lowest BCUT2D eigenvalue weighted by Crippen LogP contribution is -2.34. The quantitative estimate of drug-likeness (QED) is 0.722. The van der Waals surface area contributed by atoms with Crippen LogP contribution in [-0.4, -0.2) is 28.2 Å². The van der Waals surface area contributed by atoms with Crippen molar-refractivity contribution in [2.24, 2.45) is 0 Å². The lowest BCUT2D eigenvalue weighted by molar-refractivity contribution is -0.122. The number of aromatic nitrogens is 1. The summed E-state index contributed by atoms with van der Waals surface area (Å²) in [5.74, 6) is 0.0810. The van der Waals surface area contributed by atoms with Crippen molar-refractivity contribution in [3.05, 3.63) is 24.5 Å². The van der Waals surface area contributed by atoms with Crippen LogP contribution in [0.5, 0.6) is 0 Å². The van der Waals surface area contributed by atoms with Gasteiger partial charge < -0.3 is 15.0 Å². The van der Waals surface area contributed by atoms with Crippen LogP contribution in [0.4, 0.5) is 0 Å². The zero-order valence-corrected chi connectivity index (χ0v) is 10.4. The summed E-state index contributed by atoms with van der Waals surface area (Å²) in [7, 11) is 0. The molecule has 0 aliphatic rings. The number of amides is 1. The molecule has 96 valence electrons. The summed E-state index contributed by atoms with van der Waals surface area (Å²) in [4.78, 5) is 11.6. The number of aliphatic hydroxyl groups is 1. The van der Waals surface area contributed by atoms with Gasteiger partial charge >= 0.3 is 0 Å². The van der Waals surface area contributed by atoms with Gasteiger partial charge in [0.05, 0.1) is 0 Å². The van der Waals surface area contributed by atoms with E-state index in [1.165, 1.54) is 0 Å². The molecule has 4 nitrogen and oxygen atoms in total. The van der Waals surface area contributed by atoms with Gasteiger partial charge in [-0.2, -0.15) is 0 Å². The molecule has 1 aromatic heterocycles. The Morgan fingerprint density at radius 2 is 2.12 bits per heavy atom. The average Bonchev–Trinajstić information content (AvgIpc) is 2.81. The van der Waals surface area contributed by atoms with Crippen LogP contribution in [0.25, 0.3) is 0 Å².